The van der Waals surface area contributed by atoms with Crippen molar-refractivity contribution in [3.63, 3.8) is 0 Å². The van der Waals surface area contributed by atoms with Crippen LogP contribution < -0.4 is 4.74 Å². The first-order chi connectivity index (χ1) is 6.77. The van der Waals surface area contributed by atoms with Gasteiger partial charge >= 0.3 is 0 Å². The summed E-state index contributed by atoms with van der Waals surface area (Å²) in [5.41, 5.74) is 1.34. The van der Waals surface area contributed by atoms with Gasteiger partial charge in [0.25, 0.3) is 0 Å². The smallest absolute Gasteiger partial charge is 0.148 e. The van der Waals surface area contributed by atoms with Gasteiger partial charge < -0.3 is 4.74 Å². The van der Waals surface area contributed by atoms with Crippen molar-refractivity contribution < 1.29 is 4.74 Å². The third-order valence-corrected chi connectivity index (χ3v) is 2.73. The number of rotatable bonds is 1. The topological polar surface area (TPSA) is 61.7 Å². The van der Waals surface area contributed by atoms with E-state index in [1.165, 1.54) is 0 Å². The number of fused-ring (bicyclic) bond motifs is 1. The van der Waals surface area contributed by atoms with Crippen molar-refractivity contribution in [3.8, 4) is 11.8 Å². The number of aromatic amines is 1. The number of nitrogens with zero attached hydrogens (tertiary/aromatic N) is 2. The van der Waals surface area contributed by atoms with Crippen molar-refractivity contribution >= 4 is 33.5 Å². The summed E-state index contributed by atoms with van der Waals surface area (Å²) in [6.07, 6.45) is 0. The highest BCUT2D eigenvalue weighted by Crippen LogP contribution is 2.31. The second-order valence-corrected chi connectivity index (χ2v) is 3.77. The van der Waals surface area contributed by atoms with Crippen LogP contribution in [0.15, 0.2) is 12.1 Å². The Kier molecular flexibility index (Phi) is 2.29. The van der Waals surface area contributed by atoms with Crippen LogP contribution in [0.5, 0.6) is 5.75 Å². The second-order valence-electron chi connectivity index (χ2n) is 2.69. The third kappa shape index (κ3) is 1.23. The van der Waals surface area contributed by atoms with E-state index in [2.05, 4.69) is 38.9 Å². The van der Waals surface area contributed by atoms with Gasteiger partial charge in [-0.05, 0) is 34.7 Å². The van der Waals surface area contributed by atoms with Crippen LogP contribution in [0.3, 0.4) is 0 Å². The molecular formula is C9H6IN3O. The lowest BCUT2D eigenvalue weighted by Crippen LogP contribution is -1.89. The minimum absolute atomic E-state index is 0.527. The molecule has 0 amide bonds. The van der Waals surface area contributed by atoms with Gasteiger partial charge in [-0.1, -0.05) is 0 Å². The lowest BCUT2D eigenvalue weighted by Gasteiger charge is -2.03. The monoisotopic (exact) mass is 299 g/mol. The summed E-state index contributed by atoms with van der Waals surface area (Å²) in [5.74, 6) is 0.586. The van der Waals surface area contributed by atoms with Gasteiger partial charge in [-0.15, -0.1) is 0 Å². The fraction of sp³-hybridized carbons (Fsp3) is 0.111. The van der Waals surface area contributed by atoms with Crippen molar-refractivity contribution in [1.82, 2.24) is 10.2 Å². The first-order valence-corrected chi connectivity index (χ1v) is 4.96. The van der Waals surface area contributed by atoms with Gasteiger partial charge in [0.05, 0.1) is 23.6 Å². The standard InChI is InChI=1S/C9H6IN3O/c1-14-8-5(4-11)2-3-6-7(8)9(10)13-12-6/h2-3H,1H3,(H,12,13). The molecule has 0 saturated carbocycles. The Morgan fingerprint density at radius 3 is 3.00 bits per heavy atom. The molecule has 70 valence electrons. The largest absolute Gasteiger partial charge is 0.495 e. The fourth-order valence-electron chi connectivity index (χ4n) is 1.34. The van der Waals surface area contributed by atoms with Crippen LogP contribution in [0.25, 0.3) is 10.9 Å². The van der Waals surface area contributed by atoms with Gasteiger partial charge in [0.15, 0.2) is 0 Å². The Morgan fingerprint density at radius 2 is 2.36 bits per heavy atom. The van der Waals surface area contributed by atoms with E-state index in [4.69, 9.17) is 10.00 Å². The Labute approximate surface area is 94.0 Å². The molecule has 0 radical (unpaired) electrons. The van der Waals surface area contributed by atoms with E-state index in [0.29, 0.717) is 11.3 Å². The lowest BCUT2D eigenvalue weighted by atomic mass is 10.1. The summed E-state index contributed by atoms with van der Waals surface area (Å²) in [5, 5.41) is 16.7. The van der Waals surface area contributed by atoms with Crippen molar-refractivity contribution in [2.75, 3.05) is 7.11 Å². The number of hydrogen-bond acceptors (Lipinski definition) is 3. The molecule has 0 bridgehead atoms. The molecule has 1 aromatic carbocycles. The molecule has 1 aromatic heterocycles. The first-order valence-electron chi connectivity index (χ1n) is 3.88. The first kappa shape index (κ1) is 9.27. The predicted molar refractivity (Wildman–Crippen MR) is 60.1 cm³/mol. The molecule has 0 fully saturated rings. The van der Waals surface area contributed by atoms with Crippen LogP contribution >= 0.6 is 22.6 Å². The van der Waals surface area contributed by atoms with Crippen LogP contribution in [-0.2, 0) is 0 Å². The molecule has 4 nitrogen and oxygen atoms in total. The summed E-state index contributed by atoms with van der Waals surface area (Å²) in [6, 6.07) is 5.59. The number of nitrogens with one attached hydrogen (secondary N) is 1. The third-order valence-electron chi connectivity index (χ3n) is 1.95. The summed E-state index contributed by atoms with van der Waals surface area (Å²) in [4.78, 5) is 0. The molecule has 0 unspecified atom stereocenters. The van der Waals surface area contributed by atoms with Crippen molar-refractivity contribution in [3.05, 3.63) is 21.4 Å². The zero-order chi connectivity index (χ0) is 10.1. The Hall–Kier alpha value is -1.29. The molecule has 0 aliphatic rings. The summed E-state index contributed by atoms with van der Waals surface area (Å²) in [6.45, 7) is 0. The summed E-state index contributed by atoms with van der Waals surface area (Å²) >= 11 is 2.13. The van der Waals surface area contributed by atoms with Gasteiger partial charge in [0, 0.05) is 0 Å². The molecule has 1 heterocycles. The average molecular weight is 299 g/mol. The molecule has 2 rings (SSSR count). The molecule has 0 aliphatic carbocycles. The van der Waals surface area contributed by atoms with Gasteiger partial charge in [-0.3, -0.25) is 5.10 Å². The minimum Gasteiger partial charge on any atom is -0.495 e. The quantitative estimate of drug-likeness (QED) is 0.820. The Morgan fingerprint density at radius 1 is 1.57 bits per heavy atom. The number of halogens is 1. The van der Waals surface area contributed by atoms with Gasteiger partial charge in [-0.25, -0.2) is 0 Å². The van der Waals surface area contributed by atoms with Crippen LogP contribution in [-0.4, -0.2) is 17.3 Å². The highest BCUT2D eigenvalue weighted by molar-refractivity contribution is 14.1. The minimum atomic E-state index is 0.527. The Balaban J connectivity index is 2.89. The number of H-pyrrole nitrogens is 1. The number of aromatic nitrogens is 2. The molecule has 2 aromatic rings. The van der Waals surface area contributed by atoms with Crippen LogP contribution in [0.1, 0.15) is 5.56 Å². The van der Waals surface area contributed by atoms with E-state index < -0.39 is 0 Å². The molecule has 0 aliphatic heterocycles. The molecule has 0 spiro atoms. The molecule has 5 heteroatoms. The summed E-state index contributed by atoms with van der Waals surface area (Å²) < 4.78 is 6.08. The van der Waals surface area contributed by atoms with Crippen molar-refractivity contribution in [2.45, 2.75) is 0 Å². The van der Waals surface area contributed by atoms with E-state index in [-0.39, 0.29) is 0 Å². The SMILES string of the molecule is COc1c(C#N)ccc2n[nH]c(I)c12. The normalized spacial score (nSPS) is 10.1. The van der Waals surface area contributed by atoms with E-state index in [0.717, 1.165) is 14.6 Å². The maximum atomic E-state index is 8.87. The van der Waals surface area contributed by atoms with Gasteiger partial charge in [0.2, 0.25) is 0 Å². The van der Waals surface area contributed by atoms with Crippen molar-refractivity contribution in [2.24, 2.45) is 0 Å². The number of methoxy groups -OCH3 is 1. The zero-order valence-electron chi connectivity index (χ0n) is 7.34. The predicted octanol–water partition coefficient (Wildman–Crippen LogP) is 2.05. The summed E-state index contributed by atoms with van der Waals surface area (Å²) in [7, 11) is 1.55. The average Bonchev–Trinajstić information content (AvgIpc) is 2.59. The highest BCUT2D eigenvalue weighted by Gasteiger charge is 2.12. The molecule has 14 heavy (non-hydrogen) atoms. The molecule has 0 atom stereocenters. The molecular weight excluding hydrogens is 293 g/mol. The molecule has 1 N–H and O–H groups in total. The van der Waals surface area contributed by atoms with Crippen LogP contribution in [0.2, 0.25) is 0 Å². The number of ether oxygens (including phenoxy) is 1. The van der Waals surface area contributed by atoms with E-state index in [1.54, 1.807) is 19.2 Å². The van der Waals surface area contributed by atoms with Crippen LogP contribution in [0, 0.1) is 15.0 Å². The zero-order valence-corrected chi connectivity index (χ0v) is 9.49. The highest BCUT2D eigenvalue weighted by atomic mass is 127. The van der Waals surface area contributed by atoms with Crippen LogP contribution in [0.4, 0.5) is 0 Å². The maximum Gasteiger partial charge on any atom is 0.148 e. The van der Waals surface area contributed by atoms with E-state index in [9.17, 15) is 0 Å². The molecule has 0 saturated heterocycles. The number of hydrogen-bond donors (Lipinski definition) is 1. The number of benzene rings is 1. The van der Waals surface area contributed by atoms with E-state index in [1.807, 2.05) is 0 Å². The Bertz CT molecular complexity index is 527. The van der Waals surface area contributed by atoms with Crippen molar-refractivity contribution in [1.29, 1.82) is 5.26 Å². The maximum absolute atomic E-state index is 8.87. The fourth-order valence-corrected chi connectivity index (χ4v) is 1.98. The lowest BCUT2D eigenvalue weighted by molar-refractivity contribution is 0.418. The number of nitriles is 1. The van der Waals surface area contributed by atoms with E-state index >= 15 is 0 Å². The van der Waals surface area contributed by atoms with Gasteiger partial charge in [0.1, 0.15) is 15.5 Å². The van der Waals surface area contributed by atoms with Gasteiger partial charge in [-0.2, -0.15) is 10.4 Å². The second kappa shape index (κ2) is 3.46.